The van der Waals surface area contributed by atoms with E-state index < -0.39 is 6.10 Å². The lowest BCUT2D eigenvalue weighted by Gasteiger charge is -2.16. The van der Waals surface area contributed by atoms with Crippen molar-refractivity contribution < 1.29 is 14.7 Å². The summed E-state index contributed by atoms with van der Waals surface area (Å²) in [5.74, 6) is -0.324. The van der Waals surface area contributed by atoms with E-state index >= 15 is 0 Å². The molecule has 0 bridgehead atoms. The number of carbonyl (C=O) groups excluding carboxylic acids is 2. The number of Topliss-reactive ketones (excluding diaryl/α,β-unsaturated/α-hetero) is 1. The highest BCUT2D eigenvalue weighted by atomic mass is 16.3. The van der Waals surface area contributed by atoms with Crippen LogP contribution >= 0.6 is 0 Å². The molecule has 4 heteroatoms. The first-order valence-electron chi connectivity index (χ1n) is 5.20. The number of hydrogen-bond donors (Lipinski definition) is 1. The van der Waals surface area contributed by atoms with Crippen LogP contribution in [0.2, 0.25) is 0 Å². The Morgan fingerprint density at radius 3 is 2.81 bits per heavy atom. The van der Waals surface area contributed by atoms with Crippen molar-refractivity contribution in [3.05, 3.63) is 29.8 Å². The van der Waals surface area contributed by atoms with Crippen molar-refractivity contribution >= 4 is 17.4 Å². The summed E-state index contributed by atoms with van der Waals surface area (Å²) >= 11 is 0. The fourth-order valence-electron chi connectivity index (χ4n) is 1.81. The lowest BCUT2D eigenvalue weighted by Crippen LogP contribution is -2.29. The molecule has 0 spiro atoms. The first kappa shape index (κ1) is 10.8. The molecule has 84 valence electrons. The van der Waals surface area contributed by atoms with Gasteiger partial charge in [0.1, 0.15) is 6.10 Å². The number of benzene rings is 1. The van der Waals surface area contributed by atoms with Gasteiger partial charge in [-0.15, -0.1) is 0 Å². The van der Waals surface area contributed by atoms with Gasteiger partial charge in [-0.2, -0.15) is 0 Å². The standard InChI is InChI=1S/C12H13NO3/c1-8(14)9-3-2-4-10(7-9)13-6-5-11(15)12(13)16/h2-4,7,11,15H,5-6H2,1H3. The molecule has 1 aromatic carbocycles. The van der Waals surface area contributed by atoms with Crippen molar-refractivity contribution in [2.45, 2.75) is 19.4 Å². The van der Waals surface area contributed by atoms with Crippen molar-refractivity contribution in [2.24, 2.45) is 0 Å². The van der Waals surface area contributed by atoms with E-state index in [-0.39, 0.29) is 11.7 Å². The third-order valence-electron chi connectivity index (χ3n) is 2.74. The summed E-state index contributed by atoms with van der Waals surface area (Å²) in [7, 11) is 0. The number of ketones is 1. The maximum Gasteiger partial charge on any atom is 0.255 e. The summed E-state index contributed by atoms with van der Waals surface area (Å²) in [6, 6.07) is 6.90. The van der Waals surface area contributed by atoms with Crippen LogP contribution in [0.5, 0.6) is 0 Å². The van der Waals surface area contributed by atoms with Crippen LogP contribution in [0.3, 0.4) is 0 Å². The van der Waals surface area contributed by atoms with Gasteiger partial charge in [-0.05, 0) is 19.1 Å². The summed E-state index contributed by atoms with van der Waals surface area (Å²) in [5.41, 5.74) is 1.25. The van der Waals surface area contributed by atoms with Crippen LogP contribution in [-0.4, -0.2) is 29.4 Å². The molecule has 0 saturated carbocycles. The molecule has 4 nitrogen and oxygen atoms in total. The summed E-state index contributed by atoms with van der Waals surface area (Å²) in [5, 5.41) is 9.35. The Hall–Kier alpha value is -1.68. The SMILES string of the molecule is CC(=O)c1cccc(N2CCC(O)C2=O)c1. The molecule has 1 aromatic rings. The second-order valence-corrected chi connectivity index (χ2v) is 3.90. The number of carbonyl (C=O) groups is 2. The molecule has 1 unspecified atom stereocenters. The molecule has 0 aliphatic carbocycles. The van der Waals surface area contributed by atoms with E-state index in [2.05, 4.69) is 0 Å². The Balaban J connectivity index is 2.31. The first-order valence-corrected chi connectivity index (χ1v) is 5.20. The topological polar surface area (TPSA) is 57.6 Å². The predicted molar refractivity (Wildman–Crippen MR) is 59.4 cm³/mol. The lowest BCUT2D eigenvalue weighted by molar-refractivity contribution is -0.123. The summed E-state index contributed by atoms with van der Waals surface area (Å²) < 4.78 is 0. The molecule has 1 aliphatic rings. The largest absolute Gasteiger partial charge is 0.383 e. The van der Waals surface area contributed by atoms with Crippen LogP contribution in [0.25, 0.3) is 0 Å². The van der Waals surface area contributed by atoms with Crippen LogP contribution in [0.1, 0.15) is 23.7 Å². The first-order chi connectivity index (χ1) is 7.59. The van der Waals surface area contributed by atoms with Crippen LogP contribution in [-0.2, 0) is 4.79 Å². The predicted octanol–water partition coefficient (Wildman–Crippen LogP) is 0.987. The van der Waals surface area contributed by atoms with Crippen LogP contribution in [0, 0.1) is 0 Å². The van der Waals surface area contributed by atoms with Gasteiger partial charge in [-0.25, -0.2) is 0 Å². The van der Waals surface area contributed by atoms with E-state index in [9.17, 15) is 14.7 Å². The minimum Gasteiger partial charge on any atom is -0.383 e. The van der Waals surface area contributed by atoms with Gasteiger partial charge in [0.25, 0.3) is 5.91 Å². The molecule has 0 aromatic heterocycles. The van der Waals surface area contributed by atoms with Crippen molar-refractivity contribution in [1.29, 1.82) is 0 Å². The lowest BCUT2D eigenvalue weighted by atomic mass is 10.1. The van der Waals surface area contributed by atoms with Crippen molar-refractivity contribution in [2.75, 3.05) is 11.4 Å². The summed E-state index contributed by atoms with van der Waals surface area (Å²) in [6.07, 6.45) is -0.454. The second kappa shape index (κ2) is 4.06. The zero-order valence-electron chi connectivity index (χ0n) is 9.01. The Morgan fingerprint density at radius 1 is 1.50 bits per heavy atom. The number of amides is 1. The molecule has 1 saturated heterocycles. The molecular weight excluding hydrogens is 206 g/mol. The van der Waals surface area contributed by atoms with Gasteiger partial charge in [-0.3, -0.25) is 9.59 Å². The van der Waals surface area contributed by atoms with Gasteiger partial charge in [0, 0.05) is 24.2 Å². The molecule has 0 radical (unpaired) electrons. The average Bonchev–Trinajstić information content (AvgIpc) is 2.60. The highest BCUT2D eigenvalue weighted by molar-refractivity contribution is 6.00. The van der Waals surface area contributed by atoms with Gasteiger partial charge in [0.2, 0.25) is 0 Å². The maximum atomic E-state index is 11.6. The quantitative estimate of drug-likeness (QED) is 0.754. The van der Waals surface area contributed by atoms with Gasteiger partial charge in [0.05, 0.1) is 0 Å². The molecule has 16 heavy (non-hydrogen) atoms. The Kier molecular flexibility index (Phi) is 2.75. The van der Waals surface area contributed by atoms with Gasteiger partial charge < -0.3 is 10.0 Å². The maximum absolute atomic E-state index is 11.6. The minimum atomic E-state index is -0.902. The molecule has 1 heterocycles. The van der Waals surface area contributed by atoms with E-state index in [1.54, 1.807) is 24.3 Å². The molecular formula is C12H13NO3. The van der Waals surface area contributed by atoms with E-state index in [0.29, 0.717) is 24.2 Å². The molecule has 1 fully saturated rings. The summed E-state index contributed by atoms with van der Waals surface area (Å²) in [4.78, 5) is 24.3. The highest BCUT2D eigenvalue weighted by Gasteiger charge is 2.30. The number of anilines is 1. The summed E-state index contributed by atoms with van der Waals surface area (Å²) in [6.45, 7) is 1.99. The van der Waals surface area contributed by atoms with E-state index in [0.717, 1.165) is 0 Å². The fourth-order valence-corrected chi connectivity index (χ4v) is 1.81. The van der Waals surface area contributed by atoms with E-state index in [4.69, 9.17) is 0 Å². The number of rotatable bonds is 2. The molecule has 1 amide bonds. The van der Waals surface area contributed by atoms with Crippen LogP contribution < -0.4 is 4.90 Å². The zero-order valence-corrected chi connectivity index (χ0v) is 9.01. The van der Waals surface area contributed by atoms with Gasteiger partial charge in [0.15, 0.2) is 5.78 Å². The van der Waals surface area contributed by atoms with E-state index in [1.807, 2.05) is 0 Å². The number of nitrogens with zero attached hydrogens (tertiary/aromatic N) is 1. The van der Waals surface area contributed by atoms with Crippen molar-refractivity contribution in [3.63, 3.8) is 0 Å². The highest BCUT2D eigenvalue weighted by Crippen LogP contribution is 2.22. The molecule has 1 aliphatic heterocycles. The Bertz CT molecular complexity index is 442. The molecule has 1 N–H and O–H groups in total. The van der Waals surface area contributed by atoms with Crippen molar-refractivity contribution in [3.8, 4) is 0 Å². The fraction of sp³-hybridized carbons (Fsp3) is 0.333. The average molecular weight is 219 g/mol. The monoisotopic (exact) mass is 219 g/mol. The number of aliphatic hydroxyl groups is 1. The third kappa shape index (κ3) is 1.84. The normalized spacial score (nSPS) is 20.2. The van der Waals surface area contributed by atoms with Crippen LogP contribution in [0.4, 0.5) is 5.69 Å². The molecule has 1 atom stereocenters. The second-order valence-electron chi connectivity index (χ2n) is 3.90. The third-order valence-corrected chi connectivity index (χ3v) is 2.74. The Morgan fingerprint density at radius 2 is 2.25 bits per heavy atom. The molecule has 2 rings (SSSR count). The zero-order chi connectivity index (χ0) is 11.7. The minimum absolute atomic E-state index is 0.0333. The van der Waals surface area contributed by atoms with Gasteiger partial charge >= 0.3 is 0 Å². The Labute approximate surface area is 93.5 Å². The van der Waals surface area contributed by atoms with Crippen molar-refractivity contribution in [1.82, 2.24) is 0 Å². The number of hydrogen-bond acceptors (Lipinski definition) is 3. The number of aliphatic hydroxyl groups excluding tert-OH is 1. The van der Waals surface area contributed by atoms with Gasteiger partial charge in [-0.1, -0.05) is 12.1 Å². The smallest absolute Gasteiger partial charge is 0.255 e. The van der Waals surface area contributed by atoms with E-state index in [1.165, 1.54) is 11.8 Å². The van der Waals surface area contributed by atoms with Crippen LogP contribution in [0.15, 0.2) is 24.3 Å².